The molecule has 0 N–H and O–H groups in total. The first-order chi connectivity index (χ1) is 16.3. The summed E-state index contributed by atoms with van der Waals surface area (Å²) >= 11 is -0.826. The van der Waals surface area contributed by atoms with Crippen LogP contribution in [-0.4, -0.2) is 8.07 Å². The summed E-state index contributed by atoms with van der Waals surface area (Å²) < 4.78 is 0. The topological polar surface area (TPSA) is 0 Å². The van der Waals surface area contributed by atoms with Gasteiger partial charge in [0.25, 0.3) is 0 Å². The van der Waals surface area contributed by atoms with Crippen molar-refractivity contribution in [1.29, 1.82) is 0 Å². The number of rotatable bonds is 3. The van der Waals surface area contributed by atoms with Crippen molar-refractivity contribution in [3.8, 4) is 11.1 Å². The van der Waals surface area contributed by atoms with E-state index in [9.17, 15) is 0 Å². The molecule has 0 amide bonds. The van der Waals surface area contributed by atoms with Crippen LogP contribution in [0.15, 0.2) is 70.3 Å². The molecule has 37 heavy (non-hydrogen) atoms. The summed E-state index contributed by atoms with van der Waals surface area (Å²) in [7, 11) is 8.16. The van der Waals surface area contributed by atoms with Gasteiger partial charge in [0.05, 0.1) is 8.07 Å². The molecular formula is C33H46Cl2SiZr. The Hall–Kier alpha value is -0.660. The number of fused-ring (bicyclic) bond motifs is 1. The summed E-state index contributed by atoms with van der Waals surface area (Å²) in [5, 5.41) is 0. The van der Waals surface area contributed by atoms with Gasteiger partial charge in [-0.1, -0.05) is 99.1 Å². The third kappa shape index (κ3) is 6.57. The molecule has 0 saturated carbocycles. The Morgan fingerprint density at radius 2 is 1.24 bits per heavy atom. The van der Waals surface area contributed by atoms with Crippen LogP contribution in [0.25, 0.3) is 17.2 Å². The third-order valence-corrected chi connectivity index (χ3v) is 13.0. The summed E-state index contributed by atoms with van der Waals surface area (Å²) in [5.74, 6) is 0. The van der Waals surface area contributed by atoms with Crippen LogP contribution in [0.4, 0.5) is 0 Å². The van der Waals surface area contributed by atoms with E-state index in [2.05, 4.69) is 117 Å². The van der Waals surface area contributed by atoms with Crippen molar-refractivity contribution in [3.63, 3.8) is 0 Å². The molecule has 2 aliphatic rings. The van der Waals surface area contributed by atoms with Crippen molar-refractivity contribution < 1.29 is 20.8 Å². The van der Waals surface area contributed by atoms with Crippen molar-refractivity contribution in [2.45, 2.75) is 85.0 Å². The summed E-state index contributed by atoms with van der Waals surface area (Å²) in [5.41, 5.74) is 16.3. The quantitative estimate of drug-likeness (QED) is 0.233. The first-order valence-corrected chi connectivity index (χ1v) is 22.0. The van der Waals surface area contributed by atoms with E-state index >= 15 is 0 Å². The molecule has 0 aromatic heterocycles. The fraction of sp³-hybridized carbons (Fsp3) is 0.394. The zero-order chi connectivity index (χ0) is 26.3. The maximum absolute atomic E-state index is 4.93. The summed E-state index contributed by atoms with van der Waals surface area (Å²) in [6.45, 7) is 23.9. The normalized spacial score (nSPS) is 17.3. The molecule has 200 valence electrons. The van der Waals surface area contributed by atoms with Crippen LogP contribution in [-0.2, 0) is 26.3 Å². The Morgan fingerprint density at radius 1 is 0.757 bits per heavy atom. The standard InChI is InChI=1S/C31H40Si.2CH3.2ClH.Zr/c1-19-18-28-26(24-14-16-25(17-15-24)31(6,7)8)12-11-13-27(28)29(19)32(9,10)30-22(4)20(2)21(3)23(30)5;;;;;/h11-18,29-30H,1-10H3;2*1H3;2*1H;/q;2*-1;;;+4/p-2. The average Bonchev–Trinajstić information content (AvgIpc) is 3.23. The van der Waals surface area contributed by atoms with Crippen LogP contribution in [0.3, 0.4) is 0 Å². The monoisotopic (exact) mass is 630 g/mol. The molecular weight excluding hydrogens is 587 g/mol. The summed E-state index contributed by atoms with van der Waals surface area (Å²) in [6.07, 6.45) is 2.49. The van der Waals surface area contributed by atoms with Gasteiger partial charge in [-0.3, -0.25) is 0 Å². The number of benzene rings is 2. The van der Waals surface area contributed by atoms with Crippen LogP contribution >= 0.6 is 17.0 Å². The predicted octanol–water partition coefficient (Wildman–Crippen LogP) is 11.7. The Labute approximate surface area is 248 Å². The molecule has 0 bridgehead atoms. The van der Waals surface area contributed by atoms with Gasteiger partial charge in [0.15, 0.2) is 0 Å². The SMILES string of the molecule is CC1=Cc2c(-c3ccc(C(C)(C)C)cc3)cccc2C1[Si](C)(C)C1C(C)=C(C)C(C)=C1C.[CH3-].[CH3-].[Cl][Zr+2][Cl]. The molecule has 0 spiro atoms. The van der Waals surface area contributed by atoms with Gasteiger partial charge in [0, 0.05) is 5.54 Å². The van der Waals surface area contributed by atoms with Gasteiger partial charge in [-0.15, -0.1) is 0 Å². The average molecular weight is 633 g/mol. The first-order valence-electron chi connectivity index (χ1n) is 12.5. The van der Waals surface area contributed by atoms with E-state index < -0.39 is 28.9 Å². The van der Waals surface area contributed by atoms with Crippen LogP contribution in [0.5, 0.6) is 0 Å². The molecule has 2 aromatic carbocycles. The fourth-order valence-corrected chi connectivity index (χ4v) is 11.9. The van der Waals surface area contributed by atoms with Crippen LogP contribution < -0.4 is 0 Å². The van der Waals surface area contributed by atoms with E-state index in [0.717, 1.165) is 0 Å². The Bertz CT molecular complexity index is 1170. The molecule has 2 aromatic rings. The second-order valence-corrected chi connectivity index (χ2v) is 20.4. The van der Waals surface area contributed by atoms with Gasteiger partial charge in [0.1, 0.15) is 0 Å². The maximum atomic E-state index is 4.93. The summed E-state index contributed by atoms with van der Waals surface area (Å²) in [6, 6.07) is 16.3. The van der Waals surface area contributed by atoms with E-state index in [4.69, 9.17) is 17.0 Å². The third-order valence-electron chi connectivity index (χ3n) is 8.44. The minimum atomic E-state index is -1.70. The van der Waals surface area contributed by atoms with Crippen molar-refractivity contribution in [1.82, 2.24) is 0 Å². The second-order valence-electron chi connectivity index (χ2n) is 11.9. The molecule has 0 radical (unpaired) electrons. The van der Waals surface area contributed by atoms with E-state index in [-0.39, 0.29) is 20.3 Å². The molecule has 0 heterocycles. The van der Waals surface area contributed by atoms with Gasteiger partial charge >= 0.3 is 37.9 Å². The zero-order valence-electron chi connectivity index (χ0n) is 25.0. The van der Waals surface area contributed by atoms with Crippen molar-refractivity contribution in [2.75, 3.05) is 0 Å². The number of hydrogen-bond donors (Lipinski definition) is 0. The van der Waals surface area contributed by atoms with E-state index in [1.165, 1.54) is 33.4 Å². The molecule has 2 aliphatic carbocycles. The van der Waals surface area contributed by atoms with Crippen molar-refractivity contribution >= 4 is 31.2 Å². The molecule has 4 heteroatoms. The number of allylic oxidation sites excluding steroid dienone is 5. The van der Waals surface area contributed by atoms with Gasteiger partial charge in [-0.2, -0.15) is 0 Å². The van der Waals surface area contributed by atoms with E-state index in [1.807, 2.05) is 0 Å². The second kappa shape index (κ2) is 13.1. The molecule has 0 aliphatic heterocycles. The Kier molecular flexibility index (Phi) is 12.2. The van der Waals surface area contributed by atoms with Gasteiger partial charge in [-0.05, 0) is 84.5 Å². The minimum absolute atomic E-state index is 0. The van der Waals surface area contributed by atoms with E-state index in [1.54, 1.807) is 22.3 Å². The van der Waals surface area contributed by atoms with Gasteiger partial charge in [-0.25, -0.2) is 0 Å². The molecule has 0 saturated heterocycles. The molecule has 1 atom stereocenters. The number of hydrogen-bond acceptors (Lipinski definition) is 0. The first kappa shape index (κ1) is 34.4. The number of halogens is 2. The fourth-order valence-electron chi connectivity index (χ4n) is 6.57. The van der Waals surface area contributed by atoms with Crippen LogP contribution in [0.1, 0.15) is 77.6 Å². The zero-order valence-corrected chi connectivity index (χ0v) is 30.0. The molecule has 1 unspecified atom stereocenters. The van der Waals surface area contributed by atoms with Crippen molar-refractivity contribution in [2.24, 2.45) is 0 Å². The molecule has 0 nitrogen and oxygen atoms in total. The van der Waals surface area contributed by atoms with Gasteiger partial charge < -0.3 is 14.9 Å². The van der Waals surface area contributed by atoms with E-state index in [0.29, 0.717) is 11.1 Å². The van der Waals surface area contributed by atoms with Gasteiger partial charge in [0.2, 0.25) is 0 Å². The predicted molar refractivity (Wildman–Crippen MR) is 169 cm³/mol. The Morgan fingerprint density at radius 3 is 1.70 bits per heavy atom. The summed E-state index contributed by atoms with van der Waals surface area (Å²) in [4.78, 5) is 0. The van der Waals surface area contributed by atoms with Crippen molar-refractivity contribution in [3.05, 3.63) is 102 Å². The van der Waals surface area contributed by atoms with Crippen LogP contribution in [0, 0.1) is 14.9 Å². The Balaban J connectivity index is 0.00000131. The molecule has 0 fully saturated rings. The van der Waals surface area contributed by atoms with Crippen LogP contribution in [0.2, 0.25) is 18.6 Å². The molecule has 4 rings (SSSR count).